The van der Waals surface area contributed by atoms with Gasteiger partial charge in [-0.2, -0.15) is 5.26 Å². The summed E-state index contributed by atoms with van der Waals surface area (Å²) in [5.74, 6) is -0.591. The Hall–Kier alpha value is -2.02. The predicted octanol–water partition coefficient (Wildman–Crippen LogP) is 2.77. The van der Waals surface area contributed by atoms with E-state index in [1.165, 1.54) is 0 Å². The highest BCUT2D eigenvalue weighted by atomic mass is 16.5. The number of carbonyl (C=O) groups is 1. The van der Waals surface area contributed by atoms with Gasteiger partial charge in [0.1, 0.15) is 11.3 Å². The first-order chi connectivity index (χ1) is 8.15. The predicted molar refractivity (Wildman–Crippen MR) is 63.1 cm³/mol. The van der Waals surface area contributed by atoms with Gasteiger partial charge < -0.3 is 9.84 Å². The van der Waals surface area contributed by atoms with Crippen molar-refractivity contribution in [3.8, 4) is 11.8 Å². The standard InChI is InChI=1S/C13H15NO3/c1-10-5-6-11(13(15)16)12(9-10)17-8-4-2-3-7-14/h5-6,9H,2-4,8H2,1H3,(H,15,16). The number of carboxylic acids is 1. The molecule has 17 heavy (non-hydrogen) atoms. The van der Waals surface area contributed by atoms with E-state index in [2.05, 4.69) is 6.07 Å². The van der Waals surface area contributed by atoms with Gasteiger partial charge in [-0.1, -0.05) is 6.07 Å². The molecular weight excluding hydrogens is 218 g/mol. The summed E-state index contributed by atoms with van der Waals surface area (Å²) in [4.78, 5) is 10.9. The molecule has 4 nitrogen and oxygen atoms in total. The van der Waals surface area contributed by atoms with Crippen LogP contribution in [0.1, 0.15) is 35.2 Å². The summed E-state index contributed by atoms with van der Waals surface area (Å²) in [6, 6.07) is 7.06. The molecule has 1 aromatic rings. The molecule has 4 heteroatoms. The number of nitrogens with zero attached hydrogens (tertiary/aromatic N) is 1. The minimum Gasteiger partial charge on any atom is -0.493 e. The molecule has 0 aliphatic heterocycles. The quantitative estimate of drug-likeness (QED) is 0.767. The molecule has 1 aromatic carbocycles. The van der Waals surface area contributed by atoms with Crippen LogP contribution in [0.25, 0.3) is 0 Å². The number of rotatable bonds is 6. The van der Waals surface area contributed by atoms with Crippen LogP contribution in [0.4, 0.5) is 0 Å². The number of benzene rings is 1. The molecule has 0 saturated heterocycles. The fraction of sp³-hybridized carbons (Fsp3) is 0.385. The van der Waals surface area contributed by atoms with Crippen LogP contribution in [0.3, 0.4) is 0 Å². The molecule has 0 heterocycles. The van der Waals surface area contributed by atoms with E-state index in [0.717, 1.165) is 18.4 Å². The van der Waals surface area contributed by atoms with Gasteiger partial charge in [0.15, 0.2) is 0 Å². The van der Waals surface area contributed by atoms with Crippen LogP contribution >= 0.6 is 0 Å². The SMILES string of the molecule is Cc1ccc(C(=O)O)c(OCCCCC#N)c1. The van der Waals surface area contributed by atoms with Gasteiger partial charge in [-0.3, -0.25) is 0 Å². The zero-order chi connectivity index (χ0) is 12.7. The summed E-state index contributed by atoms with van der Waals surface area (Å²) in [6.45, 7) is 2.32. The summed E-state index contributed by atoms with van der Waals surface area (Å²) in [7, 11) is 0. The van der Waals surface area contributed by atoms with E-state index < -0.39 is 5.97 Å². The van der Waals surface area contributed by atoms with Crippen LogP contribution < -0.4 is 4.74 Å². The van der Waals surface area contributed by atoms with Crippen LogP contribution in [0, 0.1) is 18.3 Å². The lowest BCUT2D eigenvalue weighted by molar-refractivity contribution is 0.0692. The van der Waals surface area contributed by atoms with Crippen LogP contribution in [0.15, 0.2) is 18.2 Å². The number of carboxylic acid groups (broad SMARTS) is 1. The van der Waals surface area contributed by atoms with Crippen molar-refractivity contribution in [1.82, 2.24) is 0 Å². The van der Waals surface area contributed by atoms with Gasteiger partial charge >= 0.3 is 5.97 Å². The highest BCUT2D eigenvalue weighted by Crippen LogP contribution is 2.20. The molecule has 90 valence electrons. The summed E-state index contributed by atoms with van der Waals surface area (Å²) in [5.41, 5.74) is 1.14. The number of aryl methyl sites for hydroxylation is 1. The van der Waals surface area contributed by atoms with Gasteiger partial charge in [-0.15, -0.1) is 0 Å². The Morgan fingerprint density at radius 2 is 2.24 bits per heavy atom. The van der Waals surface area contributed by atoms with E-state index in [0.29, 0.717) is 18.8 Å². The lowest BCUT2D eigenvalue weighted by atomic mass is 10.1. The Kier molecular flexibility index (Phi) is 5.02. The van der Waals surface area contributed by atoms with Gasteiger partial charge in [0, 0.05) is 6.42 Å². The highest BCUT2D eigenvalue weighted by molar-refractivity contribution is 5.90. The molecule has 0 unspecified atom stereocenters. The van der Waals surface area contributed by atoms with E-state index >= 15 is 0 Å². The lowest BCUT2D eigenvalue weighted by Crippen LogP contribution is -2.04. The number of unbranched alkanes of at least 4 members (excludes halogenated alkanes) is 2. The normalized spacial score (nSPS) is 9.65. The monoisotopic (exact) mass is 233 g/mol. The molecular formula is C13H15NO3. The molecule has 0 fully saturated rings. The third kappa shape index (κ3) is 4.15. The molecule has 0 aliphatic carbocycles. The van der Waals surface area contributed by atoms with E-state index in [-0.39, 0.29) is 5.56 Å². The van der Waals surface area contributed by atoms with Gasteiger partial charge in [0.25, 0.3) is 0 Å². The van der Waals surface area contributed by atoms with Crippen molar-refractivity contribution in [1.29, 1.82) is 5.26 Å². The van der Waals surface area contributed by atoms with E-state index in [4.69, 9.17) is 15.1 Å². The average Bonchev–Trinajstić information content (AvgIpc) is 2.28. The highest BCUT2D eigenvalue weighted by Gasteiger charge is 2.10. The van der Waals surface area contributed by atoms with Crippen molar-refractivity contribution in [2.45, 2.75) is 26.2 Å². The fourth-order valence-electron chi connectivity index (χ4n) is 1.41. The second-order valence-corrected chi connectivity index (χ2v) is 3.77. The van der Waals surface area contributed by atoms with Crippen LogP contribution in [0.5, 0.6) is 5.75 Å². The topological polar surface area (TPSA) is 70.3 Å². The summed E-state index contributed by atoms with van der Waals surface area (Å²) >= 11 is 0. The first-order valence-electron chi connectivity index (χ1n) is 5.49. The van der Waals surface area contributed by atoms with Crippen molar-refractivity contribution < 1.29 is 14.6 Å². The van der Waals surface area contributed by atoms with Gasteiger partial charge in [-0.05, 0) is 37.5 Å². The smallest absolute Gasteiger partial charge is 0.339 e. The van der Waals surface area contributed by atoms with Crippen LogP contribution in [0.2, 0.25) is 0 Å². The van der Waals surface area contributed by atoms with Crippen molar-refractivity contribution in [2.75, 3.05) is 6.61 Å². The Labute approximate surface area is 100 Å². The zero-order valence-electron chi connectivity index (χ0n) is 9.77. The molecule has 0 saturated carbocycles. The third-order valence-electron chi connectivity index (χ3n) is 2.31. The Bertz CT molecular complexity index is 435. The first kappa shape index (κ1) is 13.0. The average molecular weight is 233 g/mol. The van der Waals surface area contributed by atoms with Crippen molar-refractivity contribution in [3.63, 3.8) is 0 Å². The fourth-order valence-corrected chi connectivity index (χ4v) is 1.41. The lowest BCUT2D eigenvalue weighted by Gasteiger charge is -2.09. The molecule has 1 N–H and O–H groups in total. The number of ether oxygens (including phenoxy) is 1. The van der Waals surface area contributed by atoms with Gasteiger partial charge in [0.05, 0.1) is 12.7 Å². The molecule has 1 rings (SSSR count). The van der Waals surface area contributed by atoms with Crippen molar-refractivity contribution in [2.24, 2.45) is 0 Å². The maximum atomic E-state index is 10.9. The molecule has 0 amide bonds. The minimum absolute atomic E-state index is 0.177. The first-order valence-corrected chi connectivity index (χ1v) is 5.49. The minimum atomic E-state index is -0.989. The molecule has 0 bridgehead atoms. The van der Waals surface area contributed by atoms with Crippen LogP contribution in [-0.4, -0.2) is 17.7 Å². The van der Waals surface area contributed by atoms with Crippen molar-refractivity contribution in [3.05, 3.63) is 29.3 Å². The second-order valence-electron chi connectivity index (χ2n) is 3.77. The number of aromatic carboxylic acids is 1. The Morgan fingerprint density at radius 3 is 2.88 bits per heavy atom. The number of hydrogen-bond acceptors (Lipinski definition) is 3. The number of hydrogen-bond donors (Lipinski definition) is 1. The van der Waals surface area contributed by atoms with E-state index in [1.54, 1.807) is 18.2 Å². The van der Waals surface area contributed by atoms with Crippen LogP contribution in [-0.2, 0) is 0 Å². The third-order valence-corrected chi connectivity index (χ3v) is 2.31. The summed E-state index contributed by atoms with van der Waals surface area (Å²) in [5, 5.41) is 17.3. The molecule has 0 aliphatic rings. The van der Waals surface area contributed by atoms with Gasteiger partial charge in [0.2, 0.25) is 0 Å². The maximum absolute atomic E-state index is 10.9. The molecule has 0 spiro atoms. The van der Waals surface area contributed by atoms with Crippen molar-refractivity contribution >= 4 is 5.97 Å². The van der Waals surface area contributed by atoms with E-state index in [9.17, 15) is 4.79 Å². The zero-order valence-corrected chi connectivity index (χ0v) is 9.77. The van der Waals surface area contributed by atoms with Gasteiger partial charge in [-0.25, -0.2) is 4.79 Å². The summed E-state index contributed by atoms with van der Waals surface area (Å²) in [6.07, 6.45) is 2.02. The molecule has 0 aromatic heterocycles. The Balaban J connectivity index is 2.60. The largest absolute Gasteiger partial charge is 0.493 e. The van der Waals surface area contributed by atoms with E-state index in [1.807, 2.05) is 6.92 Å². The summed E-state index contributed by atoms with van der Waals surface area (Å²) < 4.78 is 5.44. The molecule has 0 atom stereocenters. The maximum Gasteiger partial charge on any atom is 0.339 e. The Morgan fingerprint density at radius 1 is 1.47 bits per heavy atom. The number of nitriles is 1. The second kappa shape index (κ2) is 6.54. The molecule has 0 radical (unpaired) electrons.